The molecule has 0 saturated heterocycles. The normalized spacial score (nSPS) is 10.7. The van der Waals surface area contributed by atoms with E-state index < -0.39 is 0 Å². The highest BCUT2D eigenvalue weighted by atomic mass is 35.5. The van der Waals surface area contributed by atoms with Crippen LogP contribution in [0.1, 0.15) is 56.0 Å². The number of para-hydroxylation sites is 2. The third-order valence-corrected chi connectivity index (χ3v) is 6.34. The molecule has 0 radical (unpaired) electrons. The zero-order valence-corrected chi connectivity index (χ0v) is 22.8. The molecule has 1 N–H and O–H groups in total. The van der Waals surface area contributed by atoms with Crippen LogP contribution in [0.5, 0.6) is 0 Å². The number of benzene rings is 4. The summed E-state index contributed by atoms with van der Waals surface area (Å²) in [6.07, 6.45) is 0.616. The molecule has 4 heteroatoms. The summed E-state index contributed by atoms with van der Waals surface area (Å²) in [6, 6.07) is 31.7. The van der Waals surface area contributed by atoms with Crippen molar-refractivity contribution in [1.82, 2.24) is 0 Å². The molecule has 0 aromatic heterocycles. The molecule has 4 aromatic rings. The van der Waals surface area contributed by atoms with Crippen molar-refractivity contribution < 1.29 is 4.79 Å². The predicted molar refractivity (Wildman–Crippen MR) is 156 cm³/mol. The Morgan fingerprint density at radius 2 is 1.25 bits per heavy atom. The van der Waals surface area contributed by atoms with Gasteiger partial charge >= 0.3 is 0 Å². The summed E-state index contributed by atoms with van der Waals surface area (Å²) in [4.78, 5) is 11.9. The second-order valence-corrected chi connectivity index (χ2v) is 10.2. The van der Waals surface area contributed by atoms with Crippen LogP contribution in [-0.2, 0) is 0 Å². The second kappa shape index (κ2) is 13.3. The third kappa shape index (κ3) is 7.71. The molecule has 36 heavy (non-hydrogen) atoms. The summed E-state index contributed by atoms with van der Waals surface area (Å²) >= 11 is 12.3. The van der Waals surface area contributed by atoms with Crippen LogP contribution >= 0.6 is 23.2 Å². The molecule has 0 bridgehead atoms. The molecular formula is C32H33Cl2NO. The van der Waals surface area contributed by atoms with E-state index in [0.717, 1.165) is 22.5 Å². The molecule has 2 nitrogen and oxygen atoms in total. The summed E-state index contributed by atoms with van der Waals surface area (Å²) < 4.78 is 0. The van der Waals surface area contributed by atoms with E-state index in [9.17, 15) is 4.79 Å². The fraction of sp³-hybridized carbons (Fsp3) is 0.219. The van der Waals surface area contributed by atoms with Crippen LogP contribution < -0.4 is 5.32 Å². The first-order chi connectivity index (χ1) is 17.3. The average Bonchev–Trinajstić information content (AvgIpc) is 2.87. The summed E-state index contributed by atoms with van der Waals surface area (Å²) in [5, 5.41) is 4.58. The van der Waals surface area contributed by atoms with Gasteiger partial charge in [0.2, 0.25) is 0 Å². The number of nitrogens with one attached hydrogen (secondary N) is 1. The predicted octanol–water partition coefficient (Wildman–Crippen LogP) is 10.4. The van der Waals surface area contributed by atoms with Gasteiger partial charge in [0.1, 0.15) is 0 Å². The Morgan fingerprint density at radius 3 is 1.83 bits per heavy atom. The van der Waals surface area contributed by atoms with E-state index in [1.165, 1.54) is 11.1 Å². The van der Waals surface area contributed by atoms with Crippen molar-refractivity contribution in [2.45, 2.75) is 40.0 Å². The lowest BCUT2D eigenvalue weighted by molar-refractivity contribution is 0.0968. The van der Waals surface area contributed by atoms with E-state index in [1.807, 2.05) is 78.9 Å². The summed E-state index contributed by atoms with van der Waals surface area (Å²) in [6.45, 7) is 8.45. The number of hydrogen-bond acceptors (Lipinski definition) is 2. The molecular weight excluding hydrogens is 485 g/mol. The van der Waals surface area contributed by atoms with E-state index in [0.29, 0.717) is 28.3 Å². The molecule has 4 aromatic carbocycles. The standard InChI is InChI=1S/C17H18O.C15H15Cl2N/c1-13(2)12-17(18)16-10-8-15(9-11-16)14-6-4-3-5-7-14;1-10(2)11-6-3-4-9-14(11)18-15-12(16)7-5-8-13(15)17/h3-11,13H,12H2,1-2H3;3-10,18H,1-2H3. The van der Waals surface area contributed by atoms with E-state index in [1.54, 1.807) is 0 Å². The monoisotopic (exact) mass is 517 g/mol. The molecule has 186 valence electrons. The van der Waals surface area contributed by atoms with E-state index in [2.05, 4.69) is 51.2 Å². The van der Waals surface area contributed by atoms with Crippen LogP contribution in [-0.4, -0.2) is 5.78 Å². The highest BCUT2D eigenvalue weighted by Gasteiger charge is 2.10. The quantitative estimate of drug-likeness (QED) is 0.247. The molecule has 0 fully saturated rings. The Labute approximate surface area is 225 Å². The van der Waals surface area contributed by atoms with Gasteiger partial charge in [-0.05, 0) is 46.7 Å². The molecule has 0 atom stereocenters. The number of ketones is 1. The summed E-state index contributed by atoms with van der Waals surface area (Å²) in [5.74, 6) is 1.07. The number of carbonyl (C=O) groups excluding carboxylic acids is 1. The highest BCUT2D eigenvalue weighted by Crippen LogP contribution is 2.35. The lowest BCUT2D eigenvalue weighted by Gasteiger charge is -2.16. The van der Waals surface area contributed by atoms with E-state index in [-0.39, 0.29) is 5.78 Å². The topological polar surface area (TPSA) is 29.1 Å². The van der Waals surface area contributed by atoms with Crippen molar-refractivity contribution >= 4 is 40.4 Å². The van der Waals surface area contributed by atoms with Gasteiger partial charge in [-0.1, -0.05) is 130 Å². The Morgan fingerprint density at radius 1 is 0.694 bits per heavy atom. The van der Waals surface area contributed by atoms with Gasteiger partial charge in [-0.15, -0.1) is 0 Å². The molecule has 4 rings (SSSR count). The fourth-order valence-electron chi connectivity index (χ4n) is 3.83. The SMILES string of the molecule is CC(C)CC(=O)c1ccc(-c2ccccc2)cc1.CC(C)c1ccccc1Nc1c(Cl)cccc1Cl. The van der Waals surface area contributed by atoms with E-state index >= 15 is 0 Å². The summed E-state index contributed by atoms with van der Waals surface area (Å²) in [5.41, 5.74) is 6.19. The Bertz CT molecular complexity index is 1240. The van der Waals surface area contributed by atoms with Crippen LogP contribution in [0.25, 0.3) is 11.1 Å². The number of anilines is 2. The zero-order valence-electron chi connectivity index (χ0n) is 21.3. The molecule has 0 aliphatic carbocycles. The maximum atomic E-state index is 11.9. The van der Waals surface area contributed by atoms with E-state index in [4.69, 9.17) is 23.2 Å². The molecule has 0 spiro atoms. The van der Waals surface area contributed by atoms with Gasteiger partial charge < -0.3 is 5.32 Å². The van der Waals surface area contributed by atoms with Crippen LogP contribution in [0.2, 0.25) is 10.0 Å². The van der Waals surface area contributed by atoms with Crippen LogP contribution in [0.4, 0.5) is 11.4 Å². The molecule has 0 amide bonds. The lowest BCUT2D eigenvalue weighted by Crippen LogP contribution is -2.03. The van der Waals surface area contributed by atoms with Gasteiger partial charge in [-0.3, -0.25) is 4.79 Å². The Balaban J connectivity index is 0.000000201. The molecule has 0 aliphatic rings. The van der Waals surface area contributed by atoms with Crippen molar-refractivity contribution in [2.75, 3.05) is 5.32 Å². The van der Waals surface area contributed by atoms with Gasteiger partial charge in [-0.2, -0.15) is 0 Å². The Kier molecular flexibility index (Phi) is 10.2. The second-order valence-electron chi connectivity index (χ2n) is 9.43. The van der Waals surface area contributed by atoms with Crippen molar-refractivity contribution in [1.29, 1.82) is 0 Å². The van der Waals surface area contributed by atoms with Crippen LogP contribution in [0.3, 0.4) is 0 Å². The minimum Gasteiger partial charge on any atom is -0.353 e. The van der Waals surface area contributed by atoms with Gasteiger partial charge in [0.25, 0.3) is 0 Å². The zero-order chi connectivity index (χ0) is 26.1. The van der Waals surface area contributed by atoms with Gasteiger partial charge in [-0.25, -0.2) is 0 Å². The third-order valence-electron chi connectivity index (χ3n) is 5.71. The molecule has 0 saturated carbocycles. The largest absolute Gasteiger partial charge is 0.353 e. The molecule has 0 unspecified atom stereocenters. The number of hydrogen-bond donors (Lipinski definition) is 1. The smallest absolute Gasteiger partial charge is 0.163 e. The van der Waals surface area contributed by atoms with Crippen LogP contribution in [0.15, 0.2) is 97.1 Å². The first-order valence-electron chi connectivity index (χ1n) is 12.2. The van der Waals surface area contributed by atoms with Crippen molar-refractivity contribution in [3.05, 3.63) is 118 Å². The summed E-state index contributed by atoms with van der Waals surface area (Å²) in [7, 11) is 0. The molecule has 0 aliphatic heterocycles. The average molecular weight is 519 g/mol. The number of rotatable bonds is 7. The number of carbonyl (C=O) groups is 1. The van der Waals surface area contributed by atoms with Crippen LogP contribution in [0, 0.1) is 5.92 Å². The minimum atomic E-state index is 0.226. The fourth-order valence-corrected chi connectivity index (χ4v) is 4.33. The minimum absolute atomic E-state index is 0.226. The van der Waals surface area contributed by atoms with Crippen molar-refractivity contribution in [2.24, 2.45) is 5.92 Å². The maximum absolute atomic E-state index is 11.9. The molecule has 0 heterocycles. The number of halogens is 2. The van der Waals surface area contributed by atoms with Crippen molar-refractivity contribution in [3.63, 3.8) is 0 Å². The first-order valence-corrected chi connectivity index (χ1v) is 13.0. The van der Waals surface area contributed by atoms with Crippen molar-refractivity contribution in [3.8, 4) is 11.1 Å². The maximum Gasteiger partial charge on any atom is 0.163 e. The van der Waals surface area contributed by atoms with Gasteiger partial charge in [0.05, 0.1) is 15.7 Å². The number of Topliss-reactive ketones (excluding diaryl/α,β-unsaturated/α-hetero) is 1. The lowest BCUT2D eigenvalue weighted by atomic mass is 9.98. The first kappa shape index (κ1) is 27.5. The highest BCUT2D eigenvalue weighted by molar-refractivity contribution is 6.39. The van der Waals surface area contributed by atoms with Gasteiger partial charge in [0, 0.05) is 17.7 Å². The van der Waals surface area contributed by atoms with Gasteiger partial charge in [0.15, 0.2) is 5.78 Å². The Hall–Kier alpha value is -3.07.